The van der Waals surface area contributed by atoms with Gasteiger partial charge in [-0.15, -0.1) is 12.4 Å². The Bertz CT molecular complexity index is 154. The van der Waals surface area contributed by atoms with E-state index in [0.29, 0.717) is 19.5 Å². The number of β-amino-alcohol motifs (C(OH)–C–C–N with tert-alkyl or cyclic N) is 1. The molecule has 1 aliphatic rings. The van der Waals surface area contributed by atoms with Crippen molar-refractivity contribution in [1.82, 2.24) is 4.90 Å². The third-order valence-corrected chi connectivity index (χ3v) is 1.91. The summed E-state index contributed by atoms with van der Waals surface area (Å²) in [7, 11) is 0. The Morgan fingerprint density at radius 3 is 2.92 bits per heavy atom. The van der Waals surface area contributed by atoms with Gasteiger partial charge in [-0.05, 0) is 6.42 Å². The Labute approximate surface area is 78.1 Å². The summed E-state index contributed by atoms with van der Waals surface area (Å²) in [5.74, 6) is 0.112. The van der Waals surface area contributed by atoms with Crippen molar-refractivity contribution < 1.29 is 9.90 Å². The number of hydrogen-bond acceptors (Lipinski definition) is 3. The van der Waals surface area contributed by atoms with Crippen LogP contribution >= 0.6 is 12.4 Å². The first kappa shape index (κ1) is 11.7. The highest BCUT2D eigenvalue weighted by Gasteiger charge is 2.21. The van der Waals surface area contributed by atoms with Gasteiger partial charge in [-0.2, -0.15) is 0 Å². The summed E-state index contributed by atoms with van der Waals surface area (Å²) < 4.78 is 0. The second kappa shape index (κ2) is 5.35. The number of nitrogens with zero attached hydrogens (tertiary/aromatic N) is 1. The molecule has 12 heavy (non-hydrogen) atoms. The van der Waals surface area contributed by atoms with E-state index in [1.165, 1.54) is 0 Å². The number of rotatable bonds is 2. The number of amides is 1. The number of aliphatic hydroxyl groups excluding tert-OH is 1. The zero-order chi connectivity index (χ0) is 8.27. The van der Waals surface area contributed by atoms with Crippen molar-refractivity contribution in [3.63, 3.8) is 0 Å². The molecule has 0 aromatic carbocycles. The molecule has 4 nitrogen and oxygen atoms in total. The van der Waals surface area contributed by atoms with Crippen LogP contribution in [-0.4, -0.2) is 41.7 Å². The number of hydrogen-bond donors (Lipinski definition) is 2. The van der Waals surface area contributed by atoms with E-state index >= 15 is 0 Å². The molecule has 5 heteroatoms. The minimum Gasteiger partial charge on any atom is -0.395 e. The van der Waals surface area contributed by atoms with Crippen molar-refractivity contribution in [3.8, 4) is 0 Å². The first-order valence-electron chi connectivity index (χ1n) is 3.88. The SMILES string of the molecule is Cl.NC1CCC(=O)N(CCO)C1. The lowest BCUT2D eigenvalue weighted by atomic mass is 10.1. The molecule has 1 fully saturated rings. The van der Waals surface area contributed by atoms with Gasteiger partial charge in [-0.1, -0.05) is 0 Å². The maximum absolute atomic E-state index is 11.1. The van der Waals surface area contributed by atoms with Crippen LogP contribution in [0, 0.1) is 0 Å². The molecule has 0 radical (unpaired) electrons. The molecule has 0 aromatic heterocycles. The maximum atomic E-state index is 11.1. The molecule has 1 saturated heterocycles. The molecule has 0 saturated carbocycles. The van der Waals surface area contributed by atoms with E-state index < -0.39 is 0 Å². The van der Waals surface area contributed by atoms with E-state index in [4.69, 9.17) is 10.8 Å². The monoisotopic (exact) mass is 194 g/mol. The molecule has 1 amide bonds. The van der Waals surface area contributed by atoms with Crippen LogP contribution in [0.2, 0.25) is 0 Å². The molecule has 1 aliphatic heterocycles. The molecule has 3 N–H and O–H groups in total. The largest absolute Gasteiger partial charge is 0.395 e. The van der Waals surface area contributed by atoms with Crippen molar-refractivity contribution in [2.24, 2.45) is 5.73 Å². The predicted octanol–water partition coefficient (Wildman–Crippen LogP) is -0.650. The average Bonchev–Trinajstić information content (AvgIpc) is 1.98. The minimum atomic E-state index is 0. The molecule has 1 heterocycles. The number of nitrogens with two attached hydrogens (primary N) is 1. The second-order valence-corrected chi connectivity index (χ2v) is 2.86. The molecule has 1 atom stereocenters. The van der Waals surface area contributed by atoms with Crippen LogP contribution in [-0.2, 0) is 4.79 Å². The van der Waals surface area contributed by atoms with Crippen LogP contribution in [0.5, 0.6) is 0 Å². The number of likely N-dealkylation sites (tertiary alicyclic amines) is 1. The highest BCUT2D eigenvalue weighted by Crippen LogP contribution is 2.08. The van der Waals surface area contributed by atoms with Crippen molar-refractivity contribution in [3.05, 3.63) is 0 Å². The zero-order valence-corrected chi connectivity index (χ0v) is 7.72. The summed E-state index contributed by atoms with van der Waals surface area (Å²) in [6, 6.07) is 0.0965. The molecule has 0 aromatic rings. The van der Waals surface area contributed by atoms with E-state index in [0.717, 1.165) is 6.42 Å². The summed E-state index contributed by atoms with van der Waals surface area (Å²) in [5.41, 5.74) is 5.64. The van der Waals surface area contributed by atoms with Crippen molar-refractivity contribution in [2.75, 3.05) is 19.7 Å². The van der Waals surface area contributed by atoms with Crippen LogP contribution in [0.3, 0.4) is 0 Å². The smallest absolute Gasteiger partial charge is 0.222 e. The minimum absolute atomic E-state index is 0. The lowest BCUT2D eigenvalue weighted by Gasteiger charge is -2.29. The van der Waals surface area contributed by atoms with Gasteiger partial charge in [0, 0.05) is 25.6 Å². The Balaban J connectivity index is 0.00000121. The molecule has 1 unspecified atom stereocenters. The number of carbonyl (C=O) groups excluding carboxylic acids is 1. The van der Waals surface area contributed by atoms with Gasteiger partial charge < -0.3 is 15.7 Å². The van der Waals surface area contributed by atoms with Gasteiger partial charge in [0.15, 0.2) is 0 Å². The first-order chi connectivity index (χ1) is 5.24. The standard InChI is InChI=1S/C7H14N2O2.ClH/c8-6-1-2-7(11)9(5-6)3-4-10;/h6,10H,1-5,8H2;1H. The quantitative estimate of drug-likeness (QED) is 0.614. The summed E-state index contributed by atoms with van der Waals surface area (Å²) in [6.07, 6.45) is 1.31. The lowest BCUT2D eigenvalue weighted by Crippen LogP contribution is -2.47. The van der Waals surface area contributed by atoms with Gasteiger partial charge in [-0.25, -0.2) is 0 Å². The molecule has 0 aliphatic carbocycles. The number of piperidine rings is 1. The van der Waals surface area contributed by atoms with Gasteiger partial charge in [0.1, 0.15) is 0 Å². The number of halogens is 1. The summed E-state index contributed by atoms with van der Waals surface area (Å²) in [5, 5.41) is 8.59. The Hall–Kier alpha value is -0.320. The summed E-state index contributed by atoms with van der Waals surface area (Å²) >= 11 is 0. The molecule has 72 valence electrons. The summed E-state index contributed by atoms with van der Waals surface area (Å²) in [6.45, 7) is 1.05. The van der Waals surface area contributed by atoms with Crippen LogP contribution in [0.15, 0.2) is 0 Å². The molecular formula is C7H15ClN2O2. The van der Waals surface area contributed by atoms with E-state index in [2.05, 4.69) is 0 Å². The van der Waals surface area contributed by atoms with Crippen molar-refractivity contribution in [1.29, 1.82) is 0 Å². The average molecular weight is 195 g/mol. The molecular weight excluding hydrogens is 180 g/mol. The topological polar surface area (TPSA) is 66.6 Å². The van der Waals surface area contributed by atoms with E-state index in [9.17, 15) is 4.79 Å². The first-order valence-corrected chi connectivity index (χ1v) is 3.88. The fraction of sp³-hybridized carbons (Fsp3) is 0.857. The second-order valence-electron chi connectivity index (χ2n) is 2.86. The van der Waals surface area contributed by atoms with Gasteiger partial charge in [0.2, 0.25) is 5.91 Å². The maximum Gasteiger partial charge on any atom is 0.222 e. The lowest BCUT2D eigenvalue weighted by molar-refractivity contribution is -0.134. The third kappa shape index (κ3) is 2.97. The van der Waals surface area contributed by atoms with Crippen LogP contribution in [0.4, 0.5) is 0 Å². The van der Waals surface area contributed by atoms with Crippen LogP contribution < -0.4 is 5.73 Å². The highest BCUT2D eigenvalue weighted by molar-refractivity contribution is 5.85. The molecule has 1 rings (SSSR count). The highest BCUT2D eigenvalue weighted by atomic mass is 35.5. The zero-order valence-electron chi connectivity index (χ0n) is 6.90. The van der Waals surface area contributed by atoms with Crippen molar-refractivity contribution in [2.45, 2.75) is 18.9 Å². The predicted molar refractivity (Wildman–Crippen MR) is 48.1 cm³/mol. The van der Waals surface area contributed by atoms with Gasteiger partial charge in [-0.3, -0.25) is 4.79 Å². The van der Waals surface area contributed by atoms with E-state index in [1.807, 2.05) is 0 Å². The van der Waals surface area contributed by atoms with Crippen LogP contribution in [0.25, 0.3) is 0 Å². The third-order valence-electron chi connectivity index (χ3n) is 1.91. The molecule has 0 spiro atoms. The van der Waals surface area contributed by atoms with Gasteiger partial charge >= 0.3 is 0 Å². The van der Waals surface area contributed by atoms with Crippen LogP contribution in [0.1, 0.15) is 12.8 Å². The Kier molecular flexibility index (Phi) is 5.20. The normalized spacial score (nSPS) is 23.7. The fourth-order valence-electron chi connectivity index (χ4n) is 1.28. The van der Waals surface area contributed by atoms with Crippen molar-refractivity contribution >= 4 is 18.3 Å². The number of aliphatic hydroxyl groups is 1. The van der Waals surface area contributed by atoms with Gasteiger partial charge in [0.25, 0.3) is 0 Å². The Morgan fingerprint density at radius 2 is 2.33 bits per heavy atom. The molecule has 0 bridgehead atoms. The Morgan fingerprint density at radius 1 is 1.67 bits per heavy atom. The summed E-state index contributed by atoms with van der Waals surface area (Å²) in [4.78, 5) is 12.7. The van der Waals surface area contributed by atoms with Gasteiger partial charge in [0.05, 0.1) is 6.61 Å². The number of carbonyl (C=O) groups is 1. The van der Waals surface area contributed by atoms with E-state index in [-0.39, 0.29) is 31.0 Å². The fourth-order valence-corrected chi connectivity index (χ4v) is 1.28. The van der Waals surface area contributed by atoms with E-state index in [1.54, 1.807) is 4.90 Å².